The van der Waals surface area contributed by atoms with Crippen LogP contribution in [0.5, 0.6) is 0 Å². The number of likely N-dealkylation sites (N-methyl/N-ethyl adjacent to an activating group) is 2. The summed E-state index contributed by atoms with van der Waals surface area (Å²) in [5.74, 6) is -0.0380. The fourth-order valence-electron chi connectivity index (χ4n) is 2.11. The second-order valence-corrected chi connectivity index (χ2v) is 5.71. The minimum Gasteiger partial charge on any atom is -0.341 e. The highest BCUT2D eigenvalue weighted by Crippen LogP contribution is 2.18. The fraction of sp³-hybridized carbons (Fsp3) is 0.375. The van der Waals surface area contributed by atoms with E-state index in [1.807, 2.05) is 31.1 Å². The van der Waals surface area contributed by atoms with Crippen LogP contribution in [0.1, 0.15) is 23.1 Å². The molecule has 0 atom stereocenters. The van der Waals surface area contributed by atoms with Crippen molar-refractivity contribution < 1.29 is 9.59 Å². The first kappa shape index (κ1) is 16.0. The number of aromatic amines is 2. The predicted octanol–water partition coefficient (Wildman–Crippen LogP) is 1.73. The van der Waals surface area contributed by atoms with Crippen LogP contribution in [0.4, 0.5) is 0 Å². The van der Waals surface area contributed by atoms with Gasteiger partial charge >= 0.3 is 0 Å². The van der Waals surface area contributed by atoms with Gasteiger partial charge < -0.3 is 19.8 Å². The third-order valence-electron chi connectivity index (χ3n) is 3.39. The molecule has 22 heavy (non-hydrogen) atoms. The molecule has 0 aliphatic rings. The summed E-state index contributed by atoms with van der Waals surface area (Å²) < 4.78 is 0. The van der Waals surface area contributed by atoms with E-state index < -0.39 is 0 Å². The number of carbonyl (C=O) groups is 2. The molecule has 118 valence electrons. The van der Waals surface area contributed by atoms with Gasteiger partial charge in [0.15, 0.2) is 5.78 Å². The molecule has 2 aromatic heterocycles. The Labute approximate surface area is 129 Å². The highest BCUT2D eigenvalue weighted by atomic mass is 16.2. The number of carbonyl (C=O) groups excluding carboxylic acids is 2. The lowest BCUT2D eigenvalue weighted by atomic mass is 10.3. The number of hydrogen-bond donors (Lipinski definition) is 2. The summed E-state index contributed by atoms with van der Waals surface area (Å²) in [7, 11) is 5.75. The van der Waals surface area contributed by atoms with Crippen LogP contribution in [0.2, 0.25) is 0 Å². The Bertz CT molecular complexity index is 677. The maximum absolute atomic E-state index is 12.3. The van der Waals surface area contributed by atoms with Crippen molar-refractivity contribution in [2.75, 3.05) is 34.2 Å². The SMILES string of the molecule is CC(=O)/C=C/c1cc2cc(C(=O)N(C)CCN(C)C)[nH]c2[nH]1. The molecule has 0 bridgehead atoms. The molecule has 0 aliphatic carbocycles. The molecular weight excluding hydrogens is 280 g/mol. The largest absolute Gasteiger partial charge is 0.341 e. The highest BCUT2D eigenvalue weighted by Gasteiger charge is 2.15. The second kappa shape index (κ2) is 6.62. The lowest BCUT2D eigenvalue weighted by molar-refractivity contribution is -0.112. The maximum atomic E-state index is 12.3. The van der Waals surface area contributed by atoms with E-state index in [4.69, 9.17) is 0 Å². The molecular formula is C16H22N4O2. The minimum absolute atomic E-state index is 0.00311. The quantitative estimate of drug-likeness (QED) is 0.798. The first-order valence-corrected chi connectivity index (χ1v) is 7.17. The number of amides is 1. The monoisotopic (exact) mass is 302 g/mol. The molecule has 6 nitrogen and oxygen atoms in total. The number of aromatic nitrogens is 2. The zero-order valence-electron chi connectivity index (χ0n) is 13.4. The Morgan fingerprint density at radius 1 is 1.14 bits per heavy atom. The van der Waals surface area contributed by atoms with E-state index in [2.05, 4.69) is 9.97 Å². The summed E-state index contributed by atoms with van der Waals surface area (Å²) in [4.78, 5) is 33.2. The number of fused-ring (bicyclic) bond motifs is 1. The maximum Gasteiger partial charge on any atom is 0.270 e. The van der Waals surface area contributed by atoms with Crippen LogP contribution >= 0.6 is 0 Å². The van der Waals surface area contributed by atoms with Crippen molar-refractivity contribution in [3.8, 4) is 0 Å². The Balaban J connectivity index is 2.11. The molecule has 2 N–H and O–H groups in total. The van der Waals surface area contributed by atoms with E-state index >= 15 is 0 Å². The average molecular weight is 302 g/mol. The molecule has 0 fully saturated rings. The van der Waals surface area contributed by atoms with Crippen molar-refractivity contribution in [3.63, 3.8) is 0 Å². The van der Waals surface area contributed by atoms with Crippen molar-refractivity contribution in [2.24, 2.45) is 0 Å². The number of hydrogen-bond acceptors (Lipinski definition) is 3. The van der Waals surface area contributed by atoms with Crippen LogP contribution in [0.25, 0.3) is 17.1 Å². The van der Waals surface area contributed by atoms with Crippen LogP contribution in [-0.4, -0.2) is 65.7 Å². The Kier molecular flexibility index (Phi) is 4.82. The van der Waals surface area contributed by atoms with E-state index in [0.29, 0.717) is 12.2 Å². The predicted molar refractivity (Wildman–Crippen MR) is 87.9 cm³/mol. The van der Waals surface area contributed by atoms with Gasteiger partial charge in [-0.25, -0.2) is 0 Å². The van der Waals surface area contributed by atoms with Gasteiger partial charge in [-0.3, -0.25) is 9.59 Å². The Morgan fingerprint density at radius 2 is 1.86 bits per heavy atom. The van der Waals surface area contributed by atoms with Gasteiger partial charge in [0.2, 0.25) is 0 Å². The summed E-state index contributed by atoms with van der Waals surface area (Å²) in [5, 5.41) is 0.924. The average Bonchev–Trinajstić information content (AvgIpc) is 2.99. The molecule has 1 amide bonds. The number of nitrogens with zero attached hydrogens (tertiary/aromatic N) is 2. The van der Waals surface area contributed by atoms with E-state index in [-0.39, 0.29) is 11.7 Å². The van der Waals surface area contributed by atoms with Crippen molar-refractivity contribution >= 4 is 28.8 Å². The Hall–Kier alpha value is -2.34. The van der Waals surface area contributed by atoms with E-state index in [9.17, 15) is 9.59 Å². The molecule has 0 spiro atoms. The highest BCUT2D eigenvalue weighted by molar-refractivity contribution is 5.98. The topological polar surface area (TPSA) is 72.2 Å². The summed E-state index contributed by atoms with van der Waals surface area (Å²) in [6, 6.07) is 3.73. The third-order valence-corrected chi connectivity index (χ3v) is 3.39. The summed E-state index contributed by atoms with van der Waals surface area (Å²) >= 11 is 0. The molecule has 0 saturated heterocycles. The number of H-pyrrole nitrogens is 2. The van der Waals surface area contributed by atoms with Crippen molar-refractivity contribution in [2.45, 2.75) is 6.92 Å². The van der Waals surface area contributed by atoms with E-state index in [1.54, 1.807) is 18.0 Å². The van der Waals surface area contributed by atoms with Crippen LogP contribution < -0.4 is 0 Å². The van der Waals surface area contributed by atoms with Gasteiger partial charge in [0.1, 0.15) is 11.3 Å². The second-order valence-electron chi connectivity index (χ2n) is 5.71. The standard InChI is InChI=1S/C16H22N4O2/c1-11(21)5-6-13-9-12-10-14(18-15(12)17-13)16(22)20(4)8-7-19(2)3/h5-6,9-10,17-18H,7-8H2,1-4H3/b6-5+. The van der Waals surface area contributed by atoms with Crippen LogP contribution in [0, 0.1) is 0 Å². The van der Waals surface area contributed by atoms with E-state index in [1.165, 1.54) is 13.0 Å². The van der Waals surface area contributed by atoms with E-state index in [0.717, 1.165) is 23.3 Å². The van der Waals surface area contributed by atoms with Crippen molar-refractivity contribution in [1.29, 1.82) is 0 Å². The number of ketones is 1. The first-order valence-electron chi connectivity index (χ1n) is 7.17. The van der Waals surface area contributed by atoms with Gasteiger partial charge in [0.05, 0.1) is 0 Å². The number of allylic oxidation sites excluding steroid dienone is 1. The van der Waals surface area contributed by atoms with Gasteiger partial charge in [-0.05, 0) is 45.3 Å². The number of rotatable bonds is 6. The van der Waals surface area contributed by atoms with Crippen LogP contribution in [0.15, 0.2) is 18.2 Å². The Morgan fingerprint density at radius 3 is 2.45 bits per heavy atom. The third kappa shape index (κ3) is 3.85. The molecule has 0 radical (unpaired) electrons. The minimum atomic E-state index is -0.0349. The molecule has 0 aliphatic heterocycles. The van der Waals surface area contributed by atoms with Gasteiger partial charge in [-0.15, -0.1) is 0 Å². The first-order chi connectivity index (χ1) is 10.4. The van der Waals surface area contributed by atoms with Gasteiger partial charge in [0.25, 0.3) is 5.91 Å². The summed E-state index contributed by atoms with van der Waals surface area (Å²) in [6.45, 7) is 3.00. The molecule has 6 heteroatoms. The molecule has 0 aromatic carbocycles. The lowest BCUT2D eigenvalue weighted by Crippen LogP contribution is -2.33. The number of nitrogens with one attached hydrogen (secondary N) is 2. The lowest BCUT2D eigenvalue weighted by Gasteiger charge is -2.18. The zero-order valence-corrected chi connectivity index (χ0v) is 13.4. The molecule has 0 saturated carbocycles. The summed E-state index contributed by atoms with van der Waals surface area (Å²) in [5.41, 5.74) is 2.17. The zero-order chi connectivity index (χ0) is 16.3. The molecule has 2 aromatic rings. The van der Waals surface area contributed by atoms with Gasteiger partial charge in [-0.1, -0.05) is 0 Å². The fourth-order valence-corrected chi connectivity index (χ4v) is 2.11. The smallest absolute Gasteiger partial charge is 0.270 e. The van der Waals surface area contributed by atoms with Crippen molar-refractivity contribution in [1.82, 2.24) is 19.8 Å². The summed E-state index contributed by atoms with van der Waals surface area (Å²) in [6.07, 6.45) is 3.23. The normalized spacial score (nSPS) is 11.7. The van der Waals surface area contributed by atoms with Crippen molar-refractivity contribution in [3.05, 3.63) is 29.6 Å². The molecule has 2 heterocycles. The van der Waals surface area contributed by atoms with Crippen LogP contribution in [0.3, 0.4) is 0 Å². The van der Waals surface area contributed by atoms with Gasteiger partial charge in [-0.2, -0.15) is 0 Å². The molecule has 2 rings (SSSR count). The van der Waals surface area contributed by atoms with Gasteiger partial charge in [0, 0.05) is 31.2 Å². The van der Waals surface area contributed by atoms with Crippen LogP contribution in [-0.2, 0) is 4.79 Å². The molecule has 0 unspecified atom stereocenters.